The summed E-state index contributed by atoms with van der Waals surface area (Å²) in [7, 11) is 2.05. The summed E-state index contributed by atoms with van der Waals surface area (Å²) in [5.74, 6) is 0. The van der Waals surface area contributed by atoms with Crippen LogP contribution in [0.3, 0.4) is 0 Å². The van der Waals surface area contributed by atoms with E-state index in [0.717, 1.165) is 19.5 Å². The smallest absolute Gasteiger partial charge is 0.0443 e. The normalized spacial score (nSPS) is 10.7. The quantitative estimate of drug-likeness (QED) is 0.731. The van der Waals surface area contributed by atoms with Gasteiger partial charge in [-0.15, -0.1) is 0 Å². The number of aliphatic hydroxyl groups excluding tert-OH is 1. The van der Waals surface area contributed by atoms with Gasteiger partial charge in [-0.05, 0) is 31.2 Å². The second-order valence-electron chi connectivity index (χ2n) is 3.17. The molecule has 0 radical (unpaired) electrons. The number of pyridine rings is 1. The standard InChI is InChI=1S/C10H16N2O/c1-12(7-2-8-13)9-10-3-5-11-6-4-10/h3-6,13H,2,7-9H2,1H3. The molecule has 0 aliphatic carbocycles. The Labute approximate surface area is 79.0 Å². The van der Waals surface area contributed by atoms with Crippen molar-refractivity contribution in [3.05, 3.63) is 30.1 Å². The molecule has 1 N–H and O–H groups in total. The molecule has 0 atom stereocenters. The van der Waals surface area contributed by atoms with Gasteiger partial charge in [0.15, 0.2) is 0 Å². The van der Waals surface area contributed by atoms with Gasteiger partial charge in [-0.25, -0.2) is 0 Å². The first-order chi connectivity index (χ1) is 6.33. The van der Waals surface area contributed by atoms with Crippen LogP contribution in [-0.4, -0.2) is 35.2 Å². The van der Waals surface area contributed by atoms with Crippen LogP contribution in [0.2, 0.25) is 0 Å². The summed E-state index contributed by atoms with van der Waals surface area (Å²) in [5, 5.41) is 8.64. The fourth-order valence-electron chi connectivity index (χ4n) is 1.22. The van der Waals surface area contributed by atoms with Crippen LogP contribution in [0.4, 0.5) is 0 Å². The molecule has 3 heteroatoms. The predicted molar refractivity (Wildman–Crippen MR) is 52.3 cm³/mol. The van der Waals surface area contributed by atoms with E-state index in [4.69, 9.17) is 5.11 Å². The molecule has 0 aliphatic rings. The number of rotatable bonds is 5. The highest BCUT2D eigenvalue weighted by atomic mass is 16.3. The summed E-state index contributed by atoms with van der Waals surface area (Å²) < 4.78 is 0. The van der Waals surface area contributed by atoms with Crippen LogP contribution in [0.25, 0.3) is 0 Å². The van der Waals surface area contributed by atoms with Crippen molar-refractivity contribution in [2.75, 3.05) is 20.2 Å². The average Bonchev–Trinajstić information content (AvgIpc) is 2.16. The number of aliphatic hydroxyl groups is 1. The van der Waals surface area contributed by atoms with E-state index in [1.54, 1.807) is 12.4 Å². The van der Waals surface area contributed by atoms with E-state index >= 15 is 0 Å². The fraction of sp³-hybridized carbons (Fsp3) is 0.500. The summed E-state index contributed by atoms with van der Waals surface area (Å²) in [4.78, 5) is 6.14. The molecule has 0 amide bonds. The lowest BCUT2D eigenvalue weighted by molar-refractivity contribution is 0.244. The van der Waals surface area contributed by atoms with Crippen molar-refractivity contribution < 1.29 is 5.11 Å². The lowest BCUT2D eigenvalue weighted by Crippen LogP contribution is -2.19. The maximum absolute atomic E-state index is 8.64. The SMILES string of the molecule is CN(CCCO)Cc1ccncc1. The second-order valence-corrected chi connectivity index (χ2v) is 3.17. The van der Waals surface area contributed by atoms with Crippen LogP contribution in [0.1, 0.15) is 12.0 Å². The van der Waals surface area contributed by atoms with E-state index in [-0.39, 0.29) is 6.61 Å². The molecular weight excluding hydrogens is 164 g/mol. The largest absolute Gasteiger partial charge is 0.396 e. The van der Waals surface area contributed by atoms with Gasteiger partial charge in [0.05, 0.1) is 0 Å². The maximum Gasteiger partial charge on any atom is 0.0443 e. The topological polar surface area (TPSA) is 36.4 Å². The first-order valence-electron chi connectivity index (χ1n) is 4.51. The zero-order chi connectivity index (χ0) is 9.52. The van der Waals surface area contributed by atoms with Crippen molar-refractivity contribution in [3.8, 4) is 0 Å². The van der Waals surface area contributed by atoms with Gasteiger partial charge in [-0.1, -0.05) is 0 Å². The van der Waals surface area contributed by atoms with Crippen LogP contribution < -0.4 is 0 Å². The molecule has 0 saturated carbocycles. The van der Waals surface area contributed by atoms with Crippen molar-refractivity contribution >= 4 is 0 Å². The van der Waals surface area contributed by atoms with Gasteiger partial charge in [0.1, 0.15) is 0 Å². The maximum atomic E-state index is 8.64. The Kier molecular flexibility index (Phi) is 4.43. The lowest BCUT2D eigenvalue weighted by Gasteiger charge is -2.15. The van der Waals surface area contributed by atoms with Crippen LogP contribution in [0.5, 0.6) is 0 Å². The van der Waals surface area contributed by atoms with Gasteiger partial charge in [0.25, 0.3) is 0 Å². The van der Waals surface area contributed by atoms with Gasteiger partial charge in [-0.3, -0.25) is 4.98 Å². The zero-order valence-electron chi connectivity index (χ0n) is 7.98. The molecule has 1 aromatic heterocycles. The van der Waals surface area contributed by atoms with Crippen molar-refractivity contribution in [2.24, 2.45) is 0 Å². The summed E-state index contributed by atoms with van der Waals surface area (Å²) in [5.41, 5.74) is 1.26. The van der Waals surface area contributed by atoms with E-state index in [0.29, 0.717) is 0 Å². The van der Waals surface area contributed by atoms with Gasteiger partial charge >= 0.3 is 0 Å². The molecule has 0 aromatic carbocycles. The predicted octanol–water partition coefficient (Wildman–Crippen LogP) is 0.896. The van der Waals surface area contributed by atoms with E-state index in [9.17, 15) is 0 Å². The first-order valence-corrected chi connectivity index (χ1v) is 4.51. The Bertz CT molecular complexity index is 226. The second kappa shape index (κ2) is 5.67. The minimum Gasteiger partial charge on any atom is -0.396 e. The molecule has 0 bridgehead atoms. The number of hydrogen-bond acceptors (Lipinski definition) is 3. The summed E-state index contributed by atoms with van der Waals surface area (Å²) in [6, 6.07) is 4.02. The third kappa shape index (κ3) is 4.01. The third-order valence-corrected chi connectivity index (χ3v) is 1.90. The molecule has 0 aliphatic heterocycles. The summed E-state index contributed by atoms with van der Waals surface area (Å²) in [6.45, 7) is 2.11. The summed E-state index contributed by atoms with van der Waals surface area (Å²) >= 11 is 0. The Morgan fingerprint density at radius 1 is 1.38 bits per heavy atom. The molecule has 1 heterocycles. The fourth-order valence-corrected chi connectivity index (χ4v) is 1.22. The number of hydrogen-bond donors (Lipinski definition) is 1. The van der Waals surface area contributed by atoms with Gasteiger partial charge in [-0.2, -0.15) is 0 Å². The van der Waals surface area contributed by atoms with E-state index in [2.05, 4.69) is 16.9 Å². The van der Waals surface area contributed by atoms with Crippen molar-refractivity contribution in [1.82, 2.24) is 9.88 Å². The first kappa shape index (κ1) is 10.2. The highest BCUT2D eigenvalue weighted by Crippen LogP contribution is 2.00. The van der Waals surface area contributed by atoms with E-state index < -0.39 is 0 Å². The molecule has 3 nitrogen and oxygen atoms in total. The molecular formula is C10H16N2O. The molecule has 13 heavy (non-hydrogen) atoms. The molecule has 0 spiro atoms. The Hall–Kier alpha value is -0.930. The van der Waals surface area contributed by atoms with Gasteiger partial charge in [0, 0.05) is 32.1 Å². The minimum absolute atomic E-state index is 0.265. The Balaban J connectivity index is 2.32. The van der Waals surface area contributed by atoms with Crippen LogP contribution in [0.15, 0.2) is 24.5 Å². The van der Waals surface area contributed by atoms with Crippen LogP contribution >= 0.6 is 0 Å². The van der Waals surface area contributed by atoms with E-state index in [1.165, 1.54) is 5.56 Å². The average molecular weight is 180 g/mol. The lowest BCUT2D eigenvalue weighted by atomic mass is 10.2. The van der Waals surface area contributed by atoms with E-state index in [1.807, 2.05) is 12.1 Å². The molecule has 0 saturated heterocycles. The molecule has 1 rings (SSSR count). The number of aromatic nitrogens is 1. The van der Waals surface area contributed by atoms with Gasteiger partial charge < -0.3 is 10.0 Å². The molecule has 0 fully saturated rings. The number of nitrogens with zero attached hydrogens (tertiary/aromatic N) is 2. The molecule has 0 unspecified atom stereocenters. The highest BCUT2D eigenvalue weighted by Gasteiger charge is 1.98. The third-order valence-electron chi connectivity index (χ3n) is 1.90. The zero-order valence-corrected chi connectivity index (χ0v) is 7.98. The summed E-state index contributed by atoms with van der Waals surface area (Å²) in [6.07, 6.45) is 4.44. The van der Waals surface area contributed by atoms with Crippen LogP contribution in [-0.2, 0) is 6.54 Å². The molecule has 1 aromatic rings. The van der Waals surface area contributed by atoms with Crippen molar-refractivity contribution in [3.63, 3.8) is 0 Å². The Morgan fingerprint density at radius 3 is 2.69 bits per heavy atom. The Morgan fingerprint density at radius 2 is 2.08 bits per heavy atom. The van der Waals surface area contributed by atoms with Gasteiger partial charge in [0.2, 0.25) is 0 Å². The molecule has 72 valence electrons. The minimum atomic E-state index is 0.265. The van der Waals surface area contributed by atoms with Crippen molar-refractivity contribution in [2.45, 2.75) is 13.0 Å². The monoisotopic (exact) mass is 180 g/mol. The van der Waals surface area contributed by atoms with Crippen LogP contribution in [0, 0.1) is 0 Å². The highest BCUT2D eigenvalue weighted by molar-refractivity contribution is 5.08. The van der Waals surface area contributed by atoms with Crippen molar-refractivity contribution in [1.29, 1.82) is 0 Å².